The van der Waals surface area contributed by atoms with Gasteiger partial charge in [-0.1, -0.05) is 0 Å². The van der Waals surface area contributed by atoms with Crippen LogP contribution >= 0.6 is 0 Å². The van der Waals surface area contributed by atoms with Gasteiger partial charge in [-0.05, 0) is 0 Å². The molecule has 0 aromatic carbocycles. The molecule has 7 heteroatoms. The molecule has 0 spiro atoms. The summed E-state index contributed by atoms with van der Waals surface area (Å²) in [6.07, 6.45) is 0. The second-order valence-electron chi connectivity index (χ2n) is 0.513. The van der Waals surface area contributed by atoms with Crippen molar-refractivity contribution >= 4 is 56.4 Å². The van der Waals surface area contributed by atoms with E-state index in [2.05, 4.69) is 0 Å². The van der Waals surface area contributed by atoms with Gasteiger partial charge in [-0.25, -0.2) is 0 Å². The number of hydrogen-bond acceptors (Lipinski definition) is 1. The third kappa shape index (κ3) is 93.0. The summed E-state index contributed by atoms with van der Waals surface area (Å²) in [6.45, 7) is 0. The zero-order valence-corrected chi connectivity index (χ0v) is 4.07. The minimum atomic E-state index is -5.12. The second kappa shape index (κ2) is 5.73. The minimum Gasteiger partial charge on any atom is 0.316 e. The molecule has 0 heterocycles. The van der Waals surface area contributed by atoms with Gasteiger partial charge in [0.25, 0.3) is 0 Å². The largest absolute Gasteiger partial charge is 0.316 e. The summed E-state index contributed by atoms with van der Waals surface area (Å²) in [5, 5.41) is 0. The quantitative estimate of drug-likeness (QED) is 0.332. The van der Waals surface area contributed by atoms with E-state index in [0.29, 0.717) is 0 Å². The van der Waals surface area contributed by atoms with Gasteiger partial charge in [-0.15, -0.1) is 0 Å². The average molecular weight is 176 g/mol. The van der Waals surface area contributed by atoms with E-state index >= 15 is 0 Å². The van der Waals surface area contributed by atoms with Gasteiger partial charge in [-0.3, -0.25) is 0 Å². The smallest absolute Gasteiger partial charge is 0.316 e. The van der Waals surface area contributed by atoms with Crippen molar-refractivity contribution in [2.24, 2.45) is 0 Å². The van der Waals surface area contributed by atoms with Crippen LogP contribution in [0.25, 0.3) is 0 Å². The molecule has 0 aliphatic carbocycles. The Morgan fingerprint density at radius 2 is 1.14 bits per heavy atom. The van der Waals surface area contributed by atoms with Crippen LogP contribution in [0.5, 0.6) is 0 Å². The average Bonchev–Trinajstić information content (AvgIpc) is 0.722. The van der Waals surface area contributed by atoms with Crippen LogP contribution in [0.4, 0.5) is 0 Å². The third-order valence-electron chi connectivity index (χ3n) is 0. The van der Waals surface area contributed by atoms with Gasteiger partial charge in [0.2, 0.25) is 0 Å². The van der Waals surface area contributed by atoms with Gasteiger partial charge < -0.3 is 0 Å². The normalized spacial score (nSPS) is 8.43. The van der Waals surface area contributed by atoms with Crippen LogP contribution < -0.4 is 0 Å². The summed E-state index contributed by atoms with van der Waals surface area (Å²) in [5.74, 6) is 0. The fraction of sp³-hybridized carbons (Fsp3) is 0. The number of hydrogen-bond donors (Lipinski definition) is 3. The summed E-state index contributed by atoms with van der Waals surface area (Å²) in [5.41, 5.74) is 0. The zero-order valence-electron chi connectivity index (χ0n) is 2.20. The van der Waals surface area contributed by atoms with Gasteiger partial charge in [0.1, 0.15) is 0 Å². The molecule has 0 unspecified atom stereocenters. The first-order chi connectivity index (χ1) is 2.00. The van der Waals surface area contributed by atoms with E-state index in [0.717, 1.165) is 0 Å². The molecule has 0 radical (unpaired) electrons. The van der Waals surface area contributed by atoms with Crippen LogP contribution in [0.15, 0.2) is 0 Å². The second-order valence-corrected chi connectivity index (χ2v) is 2.67. The van der Waals surface area contributed by atoms with Crippen molar-refractivity contribution in [2.45, 2.75) is 0 Å². The first-order valence-electron chi connectivity index (χ1n) is 0.783. The van der Waals surface area contributed by atoms with E-state index in [1.165, 1.54) is 0 Å². The van der Waals surface area contributed by atoms with E-state index in [-0.39, 0.29) is 41.9 Å². The minimum absolute atomic E-state index is 0. The molecule has 3 N–H and O–H groups in total. The molecule has 0 atom stereocenters. The fourth-order valence-corrected chi connectivity index (χ4v) is 0. The van der Waals surface area contributed by atoms with E-state index in [1.54, 1.807) is 0 Å². The van der Waals surface area contributed by atoms with Crippen LogP contribution in [-0.4, -0.2) is 68.7 Å². The Hall–Kier alpha value is 1.60. The maximum Gasteiger partial charge on any atom is 0.316 e. The third-order valence-corrected chi connectivity index (χ3v) is 0. The molecular formula is H6AsLiMgO4. The van der Waals surface area contributed by atoms with E-state index < -0.39 is 14.5 Å². The van der Waals surface area contributed by atoms with E-state index in [4.69, 9.17) is 16.0 Å². The summed E-state index contributed by atoms with van der Waals surface area (Å²) >= 11 is -5.12. The van der Waals surface area contributed by atoms with E-state index in [1.807, 2.05) is 0 Å². The Kier molecular flexibility index (Phi) is 13.0. The first-order valence-corrected chi connectivity index (χ1v) is 4.07. The Morgan fingerprint density at radius 3 is 1.14 bits per heavy atom. The summed E-state index contributed by atoms with van der Waals surface area (Å²) in [6, 6.07) is 0. The number of rotatable bonds is 0. The predicted molar refractivity (Wildman–Crippen MR) is 28.8 cm³/mol. The molecule has 38 valence electrons. The molecule has 0 aromatic heterocycles. The Bertz CT molecular complexity index is 57.8. The molecule has 0 aromatic rings. The fourth-order valence-electron chi connectivity index (χ4n) is 0. The maximum atomic E-state index is 8.94. The maximum absolute atomic E-state index is 8.94. The van der Waals surface area contributed by atoms with Crippen molar-refractivity contribution in [2.75, 3.05) is 0 Å². The first kappa shape index (κ1) is 15.8. The van der Waals surface area contributed by atoms with Crippen molar-refractivity contribution in [3.05, 3.63) is 0 Å². The molecule has 0 aliphatic heterocycles. The molecule has 0 rings (SSSR count). The van der Waals surface area contributed by atoms with Crippen molar-refractivity contribution in [3.63, 3.8) is 0 Å². The van der Waals surface area contributed by atoms with Crippen molar-refractivity contribution in [1.29, 1.82) is 0 Å². The molecule has 0 saturated carbocycles. The SMILES string of the molecule is O=[As](O)(O)O.[LiH].[MgH2]. The van der Waals surface area contributed by atoms with Crippen molar-refractivity contribution in [1.82, 2.24) is 0 Å². The molecule has 0 saturated heterocycles. The monoisotopic (exact) mass is 176 g/mol. The van der Waals surface area contributed by atoms with Gasteiger partial charge in [0.05, 0.1) is 0 Å². The van der Waals surface area contributed by atoms with Crippen LogP contribution in [0.1, 0.15) is 0 Å². The Morgan fingerprint density at radius 1 is 1.14 bits per heavy atom. The molecule has 0 aliphatic rings. The molecule has 0 bridgehead atoms. The van der Waals surface area contributed by atoms with Crippen LogP contribution in [0, 0.1) is 0 Å². The van der Waals surface area contributed by atoms with E-state index in [9.17, 15) is 0 Å². The van der Waals surface area contributed by atoms with Crippen LogP contribution in [-0.2, 0) is 3.74 Å². The molecule has 7 heavy (non-hydrogen) atoms. The molecule has 0 fully saturated rings. The van der Waals surface area contributed by atoms with Gasteiger partial charge in [0.15, 0.2) is 0 Å². The van der Waals surface area contributed by atoms with Gasteiger partial charge in [0, 0.05) is 0 Å². The summed E-state index contributed by atoms with van der Waals surface area (Å²) < 4.78 is 30.7. The van der Waals surface area contributed by atoms with Crippen LogP contribution in [0.3, 0.4) is 0 Å². The van der Waals surface area contributed by atoms with Gasteiger partial charge >= 0.3 is 72.5 Å². The standard InChI is InChI=1S/AsH3O4.Li.Mg.3H/c2-1(3,4)5;;;;;/h(H3,2,3,4,5);;;;;. The summed E-state index contributed by atoms with van der Waals surface area (Å²) in [4.78, 5) is 0. The topological polar surface area (TPSA) is 77.8 Å². The zero-order chi connectivity index (χ0) is 4.50. The van der Waals surface area contributed by atoms with Crippen molar-refractivity contribution in [3.8, 4) is 0 Å². The molecule has 4 nitrogen and oxygen atoms in total. The molecular weight excluding hydrogens is 170 g/mol. The predicted octanol–water partition coefficient (Wildman–Crippen LogP) is -3.74. The van der Waals surface area contributed by atoms with Gasteiger partial charge in [-0.2, -0.15) is 0 Å². The molecule has 0 amide bonds. The summed E-state index contributed by atoms with van der Waals surface area (Å²) in [7, 11) is 0. The Labute approximate surface area is 72.0 Å². The van der Waals surface area contributed by atoms with Crippen LogP contribution in [0.2, 0.25) is 0 Å². The Balaban J connectivity index is -0.0000000800. The van der Waals surface area contributed by atoms with Crippen molar-refractivity contribution < 1.29 is 16.0 Å².